The molecule has 1 rings (SSSR count). The van der Waals surface area contributed by atoms with Crippen molar-refractivity contribution < 1.29 is 23.9 Å². The molecule has 4 N–H and O–H groups in total. The van der Waals surface area contributed by atoms with Crippen molar-refractivity contribution in [2.45, 2.75) is 78.2 Å². The summed E-state index contributed by atoms with van der Waals surface area (Å²) < 4.78 is 10.5. The Hall–Kier alpha value is -2.61. The molecule has 0 aromatic heterocycles. The van der Waals surface area contributed by atoms with Crippen LogP contribution in [0.1, 0.15) is 58.1 Å². The Morgan fingerprint density at radius 1 is 1.10 bits per heavy atom. The molecule has 0 fully saturated rings. The van der Waals surface area contributed by atoms with Crippen molar-refractivity contribution >= 4 is 18.0 Å². The number of carbonyl (C=O) groups excluding carboxylic acids is 3. The lowest BCUT2D eigenvalue weighted by Gasteiger charge is -2.20. The van der Waals surface area contributed by atoms with Crippen LogP contribution in [-0.2, 0) is 25.7 Å². The van der Waals surface area contributed by atoms with Gasteiger partial charge in [0.2, 0.25) is 5.91 Å². The minimum atomic E-state index is -0.796. The summed E-state index contributed by atoms with van der Waals surface area (Å²) in [4.78, 5) is 36.1. The van der Waals surface area contributed by atoms with E-state index in [1.54, 1.807) is 27.7 Å². The standard InChI is InChI=1S/C22H35N3O5/c1-15-9-11-17(12-10-15)14-29-20(27)18(25-19(26)16(2)23)8-6-7-13-24-21(28)30-22(3,4)5/h9-12,16,18H,6-8,13-14,23H2,1-5H3,(H,24,28)(H,25,26)/t16-,18+/m1/s1. The second-order valence-corrected chi connectivity index (χ2v) is 8.37. The molecule has 0 saturated heterocycles. The SMILES string of the molecule is Cc1ccc(COC(=O)[C@H](CCCCNC(=O)OC(C)(C)C)NC(=O)[C@@H](C)N)cc1. The fourth-order valence-electron chi connectivity index (χ4n) is 2.47. The fourth-order valence-corrected chi connectivity index (χ4v) is 2.47. The quantitative estimate of drug-likeness (QED) is 0.394. The third-order valence-corrected chi connectivity index (χ3v) is 4.10. The molecule has 8 heteroatoms. The van der Waals surface area contributed by atoms with Gasteiger partial charge in [-0.15, -0.1) is 0 Å². The number of unbranched alkanes of at least 4 members (excludes halogenated alkanes) is 1. The van der Waals surface area contributed by atoms with Gasteiger partial charge < -0.3 is 25.8 Å². The minimum absolute atomic E-state index is 0.129. The molecular formula is C22H35N3O5. The molecule has 0 bridgehead atoms. The van der Waals surface area contributed by atoms with Crippen LogP contribution >= 0.6 is 0 Å². The Labute approximate surface area is 178 Å². The third kappa shape index (κ3) is 10.8. The van der Waals surface area contributed by atoms with E-state index < -0.39 is 35.7 Å². The molecule has 2 atom stereocenters. The highest BCUT2D eigenvalue weighted by atomic mass is 16.6. The van der Waals surface area contributed by atoms with Gasteiger partial charge in [-0.3, -0.25) is 4.79 Å². The van der Waals surface area contributed by atoms with Gasteiger partial charge in [0.05, 0.1) is 6.04 Å². The van der Waals surface area contributed by atoms with Crippen molar-refractivity contribution in [2.75, 3.05) is 6.54 Å². The number of hydrogen-bond acceptors (Lipinski definition) is 6. The molecule has 30 heavy (non-hydrogen) atoms. The van der Waals surface area contributed by atoms with E-state index in [0.29, 0.717) is 25.8 Å². The molecular weight excluding hydrogens is 386 g/mol. The van der Waals surface area contributed by atoms with Gasteiger partial charge in [-0.1, -0.05) is 29.8 Å². The molecule has 8 nitrogen and oxygen atoms in total. The van der Waals surface area contributed by atoms with E-state index >= 15 is 0 Å². The van der Waals surface area contributed by atoms with Gasteiger partial charge in [0.15, 0.2) is 0 Å². The zero-order chi connectivity index (χ0) is 22.7. The summed E-state index contributed by atoms with van der Waals surface area (Å²) in [5, 5.41) is 5.31. The Morgan fingerprint density at radius 2 is 1.73 bits per heavy atom. The van der Waals surface area contributed by atoms with Crippen LogP contribution in [-0.4, -0.2) is 42.2 Å². The van der Waals surface area contributed by atoms with Crippen LogP contribution in [0.25, 0.3) is 0 Å². The molecule has 2 amide bonds. The molecule has 0 saturated carbocycles. The second kappa shape index (κ2) is 12.2. The Balaban J connectivity index is 2.50. The number of nitrogens with two attached hydrogens (primary N) is 1. The van der Waals surface area contributed by atoms with Crippen LogP contribution in [0.15, 0.2) is 24.3 Å². The summed E-state index contributed by atoms with van der Waals surface area (Å²) in [6.45, 7) is 9.44. The van der Waals surface area contributed by atoms with E-state index in [0.717, 1.165) is 11.1 Å². The Bertz CT molecular complexity index is 696. The van der Waals surface area contributed by atoms with Crippen LogP contribution in [0.5, 0.6) is 0 Å². The van der Waals surface area contributed by atoms with Crippen LogP contribution in [0.2, 0.25) is 0 Å². The van der Waals surface area contributed by atoms with Crippen LogP contribution in [0, 0.1) is 6.92 Å². The summed E-state index contributed by atoms with van der Waals surface area (Å²) in [7, 11) is 0. The minimum Gasteiger partial charge on any atom is -0.459 e. The van der Waals surface area contributed by atoms with E-state index in [-0.39, 0.29) is 6.61 Å². The van der Waals surface area contributed by atoms with Crippen molar-refractivity contribution in [2.24, 2.45) is 5.73 Å². The summed E-state index contributed by atoms with van der Waals surface area (Å²) in [6.07, 6.45) is 1.11. The number of rotatable bonds is 10. The van der Waals surface area contributed by atoms with Crippen LogP contribution < -0.4 is 16.4 Å². The number of nitrogens with one attached hydrogen (secondary N) is 2. The summed E-state index contributed by atoms with van der Waals surface area (Å²) in [5.41, 5.74) is 7.03. The Kier molecular flexibility index (Phi) is 10.3. The van der Waals surface area contributed by atoms with E-state index in [4.69, 9.17) is 15.2 Å². The number of ether oxygens (including phenoxy) is 2. The maximum Gasteiger partial charge on any atom is 0.407 e. The summed E-state index contributed by atoms with van der Waals surface area (Å²) >= 11 is 0. The summed E-state index contributed by atoms with van der Waals surface area (Å²) in [6, 6.07) is 6.13. The predicted molar refractivity (Wildman–Crippen MR) is 115 cm³/mol. The molecule has 0 aliphatic heterocycles. The molecule has 0 aliphatic rings. The first-order chi connectivity index (χ1) is 14.0. The number of alkyl carbamates (subject to hydrolysis) is 1. The number of hydrogen-bond donors (Lipinski definition) is 3. The van der Waals surface area contributed by atoms with Crippen molar-refractivity contribution in [1.29, 1.82) is 0 Å². The maximum absolute atomic E-state index is 12.5. The molecule has 0 spiro atoms. The van der Waals surface area contributed by atoms with Gasteiger partial charge in [0.25, 0.3) is 0 Å². The van der Waals surface area contributed by atoms with Crippen LogP contribution in [0.4, 0.5) is 4.79 Å². The molecule has 168 valence electrons. The Morgan fingerprint density at radius 3 is 2.30 bits per heavy atom. The monoisotopic (exact) mass is 421 g/mol. The number of aryl methyl sites for hydroxylation is 1. The fraction of sp³-hybridized carbons (Fsp3) is 0.591. The molecule has 0 aliphatic carbocycles. The highest BCUT2D eigenvalue weighted by Crippen LogP contribution is 2.09. The van der Waals surface area contributed by atoms with Crippen molar-refractivity contribution in [3.8, 4) is 0 Å². The normalized spacial score (nSPS) is 13.1. The number of amides is 2. The van der Waals surface area contributed by atoms with Gasteiger partial charge in [-0.2, -0.15) is 0 Å². The molecule has 0 heterocycles. The van der Waals surface area contributed by atoms with Gasteiger partial charge in [-0.25, -0.2) is 9.59 Å². The van der Waals surface area contributed by atoms with Crippen molar-refractivity contribution in [3.63, 3.8) is 0 Å². The highest BCUT2D eigenvalue weighted by molar-refractivity contribution is 5.87. The van der Waals surface area contributed by atoms with Gasteiger partial charge >= 0.3 is 12.1 Å². The lowest BCUT2D eigenvalue weighted by Crippen LogP contribution is -2.47. The lowest BCUT2D eigenvalue weighted by molar-refractivity contribution is -0.149. The maximum atomic E-state index is 12.5. The van der Waals surface area contributed by atoms with Gasteiger partial charge in [0, 0.05) is 6.54 Å². The average Bonchev–Trinajstić information content (AvgIpc) is 2.64. The van der Waals surface area contributed by atoms with E-state index in [1.807, 2.05) is 31.2 Å². The zero-order valence-corrected chi connectivity index (χ0v) is 18.6. The first kappa shape index (κ1) is 25.4. The zero-order valence-electron chi connectivity index (χ0n) is 18.6. The van der Waals surface area contributed by atoms with E-state index in [2.05, 4.69) is 10.6 Å². The predicted octanol–water partition coefficient (Wildman–Crippen LogP) is 2.57. The van der Waals surface area contributed by atoms with Crippen molar-refractivity contribution in [3.05, 3.63) is 35.4 Å². The molecule has 1 aromatic carbocycles. The first-order valence-corrected chi connectivity index (χ1v) is 10.2. The third-order valence-electron chi connectivity index (χ3n) is 4.10. The first-order valence-electron chi connectivity index (χ1n) is 10.2. The molecule has 0 radical (unpaired) electrons. The van der Waals surface area contributed by atoms with E-state index in [1.165, 1.54) is 0 Å². The topological polar surface area (TPSA) is 120 Å². The lowest BCUT2D eigenvalue weighted by atomic mass is 10.1. The summed E-state index contributed by atoms with van der Waals surface area (Å²) in [5.74, 6) is -0.927. The van der Waals surface area contributed by atoms with Gasteiger partial charge in [-0.05, 0) is 59.4 Å². The average molecular weight is 422 g/mol. The second-order valence-electron chi connectivity index (χ2n) is 8.37. The molecule has 0 unspecified atom stereocenters. The van der Waals surface area contributed by atoms with Crippen LogP contribution in [0.3, 0.4) is 0 Å². The number of benzene rings is 1. The smallest absolute Gasteiger partial charge is 0.407 e. The van der Waals surface area contributed by atoms with Gasteiger partial charge in [0.1, 0.15) is 18.2 Å². The van der Waals surface area contributed by atoms with E-state index in [9.17, 15) is 14.4 Å². The number of esters is 1. The number of carbonyl (C=O) groups is 3. The molecule has 1 aromatic rings. The highest BCUT2D eigenvalue weighted by Gasteiger charge is 2.23. The van der Waals surface area contributed by atoms with Crippen molar-refractivity contribution in [1.82, 2.24) is 10.6 Å². The largest absolute Gasteiger partial charge is 0.459 e.